The van der Waals surface area contributed by atoms with Crippen LogP contribution in [0.4, 0.5) is 18.9 Å². The van der Waals surface area contributed by atoms with Gasteiger partial charge in [-0.15, -0.1) is 0 Å². The summed E-state index contributed by atoms with van der Waals surface area (Å²) >= 11 is 12.0. The number of hydrogen-bond acceptors (Lipinski definition) is 2. The van der Waals surface area contributed by atoms with Crippen molar-refractivity contribution < 1.29 is 22.4 Å². The molecule has 0 bridgehead atoms. The summed E-state index contributed by atoms with van der Waals surface area (Å²) in [5.74, 6) is 0.126. The highest BCUT2D eigenvalue weighted by Gasteiger charge is 2.31. The van der Waals surface area contributed by atoms with E-state index in [0.29, 0.717) is 27.6 Å². The Labute approximate surface area is 167 Å². The van der Waals surface area contributed by atoms with E-state index in [1.807, 2.05) is 0 Å². The summed E-state index contributed by atoms with van der Waals surface area (Å²) in [7, 11) is 0. The Balaban J connectivity index is 1.73. The van der Waals surface area contributed by atoms with Crippen molar-refractivity contribution >= 4 is 46.4 Å². The second-order valence-corrected chi connectivity index (χ2v) is 6.94. The lowest BCUT2D eigenvalue weighted by Gasteiger charge is -2.09. The molecule has 1 aromatic heterocycles. The van der Waals surface area contributed by atoms with E-state index in [2.05, 4.69) is 5.32 Å². The molecule has 1 N–H and O–H groups in total. The Hall–Kier alpha value is -2.70. The van der Waals surface area contributed by atoms with Crippen LogP contribution in [0.3, 0.4) is 0 Å². The minimum Gasteiger partial charge on any atom is -0.457 e. The summed E-state index contributed by atoms with van der Waals surface area (Å²) < 4.78 is 44.5. The van der Waals surface area contributed by atoms with Crippen molar-refractivity contribution in [2.75, 3.05) is 5.32 Å². The molecule has 142 valence electrons. The fourth-order valence-corrected chi connectivity index (χ4v) is 3.29. The lowest BCUT2D eigenvalue weighted by molar-refractivity contribution is -0.137. The molecule has 1 aliphatic rings. The van der Waals surface area contributed by atoms with Crippen LogP contribution < -0.4 is 5.32 Å². The summed E-state index contributed by atoms with van der Waals surface area (Å²) in [6, 6.07) is 11.0. The lowest BCUT2D eigenvalue weighted by Crippen LogP contribution is -2.04. The monoisotopic (exact) mass is 423 g/mol. The Kier molecular flexibility index (Phi) is 4.48. The molecule has 0 spiro atoms. The standard InChI is InChI=1S/C20H10Cl2F3NO2/c21-11-2-5-17-13(8-11)14(19(27)26-17)9-12-3-6-18(28-12)15-7-10(20(23,24)25)1-4-16(15)22/h1-9H,(H,26,27)/b14-9+. The van der Waals surface area contributed by atoms with Crippen molar-refractivity contribution in [2.45, 2.75) is 6.18 Å². The van der Waals surface area contributed by atoms with Crippen molar-refractivity contribution in [2.24, 2.45) is 0 Å². The lowest BCUT2D eigenvalue weighted by atomic mass is 10.1. The predicted octanol–water partition coefficient (Wildman–Crippen LogP) is 6.76. The van der Waals surface area contributed by atoms with Crippen molar-refractivity contribution in [3.63, 3.8) is 0 Å². The number of fused-ring (bicyclic) bond motifs is 1. The molecule has 0 saturated heterocycles. The molecule has 2 aromatic carbocycles. The highest BCUT2D eigenvalue weighted by molar-refractivity contribution is 6.36. The molecule has 4 rings (SSSR count). The second-order valence-electron chi connectivity index (χ2n) is 6.10. The van der Waals surface area contributed by atoms with Gasteiger partial charge in [-0.1, -0.05) is 23.2 Å². The van der Waals surface area contributed by atoms with E-state index in [4.69, 9.17) is 27.6 Å². The molecular formula is C20H10Cl2F3NO2. The van der Waals surface area contributed by atoms with Gasteiger partial charge in [0.15, 0.2) is 0 Å². The highest BCUT2D eigenvalue weighted by atomic mass is 35.5. The summed E-state index contributed by atoms with van der Waals surface area (Å²) in [6.07, 6.45) is -3.00. The summed E-state index contributed by atoms with van der Waals surface area (Å²) in [5, 5.41) is 3.30. The molecule has 3 nitrogen and oxygen atoms in total. The zero-order valence-electron chi connectivity index (χ0n) is 13.9. The van der Waals surface area contributed by atoms with Crippen LogP contribution >= 0.6 is 23.2 Å². The largest absolute Gasteiger partial charge is 0.457 e. The average molecular weight is 424 g/mol. The van der Waals surface area contributed by atoms with Gasteiger partial charge in [0.1, 0.15) is 11.5 Å². The third kappa shape index (κ3) is 3.41. The third-order valence-corrected chi connectivity index (χ3v) is 4.80. The van der Waals surface area contributed by atoms with Crippen LogP contribution in [-0.4, -0.2) is 5.91 Å². The number of anilines is 1. The molecule has 0 aliphatic carbocycles. The third-order valence-electron chi connectivity index (χ3n) is 4.24. The number of rotatable bonds is 2. The average Bonchev–Trinajstić information content (AvgIpc) is 3.20. The molecule has 8 heteroatoms. The van der Waals surface area contributed by atoms with E-state index in [0.717, 1.165) is 12.1 Å². The van der Waals surface area contributed by atoms with E-state index in [1.54, 1.807) is 24.3 Å². The number of nitrogens with one attached hydrogen (secondary N) is 1. The van der Waals surface area contributed by atoms with Crippen LogP contribution in [0.15, 0.2) is 52.9 Å². The molecule has 3 aromatic rings. The van der Waals surface area contributed by atoms with Gasteiger partial charge in [0, 0.05) is 21.8 Å². The van der Waals surface area contributed by atoms with Gasteiger partial charge in [0.05, 0.1) is 16.2 Å². The summed E-state index contributed by atoms with van der Waals surface area (Å²) in [5.41, 5.74) is 0.858. The van der Waals surface area contributed by atoms with Gasteiger partial charge in [0.25, 0.3) is 5.91 Å². The number of carbonyl (C=O) groups is 1. The first-order valence-electron chi connectivity index (χ1n) is 8.02. The minimum absolute atomic E-state index is 0.112. The van der Waals surface area contributed by atoms with Crippen molar-refractivity contribution in [3.8, 4) is 11.3 Å². The molecule has 0 saturated carbocycles. The summed E-state index contributed by atoms with van der Waals surface area (Å²) in [6.45, 7) is 0. The number of hydrogen-bond donors (Lipinski definition) is 1. The zero-order chi connectivity index (χ0) is 20.1. The maximum atomic E-state index is 13.0. The molecule has 1 amide bonds. The molecular weight excluding hydrogens is 414 g/mol. The molecule has 28 heavy (non-hydrogen) atoms. The quantitative estimate of drug-likeness (QED) is 0.462. The van der Waals surface area contributed by atoms with E-state index < -0.39 is 11.7 Å². The highest BCUT2D eigenvalue weighted by Crippen LogP contribution is 2.38. The molecule has 0 atom stereocenters. The number of alkyl halides is 3. The van der Waals surface area contributed by atoms with Crippen molar-refractivity contribution in [1.29, 1.82) is 0 Å². The second kappa shape index (κ2) is 6.72. The molecule has 0 fully saturated rings. The Morgan fingerprint density at radius 2 is 1.75 bits per heavy atom. The summed E-state index contributed by atoms with van der Waals surface area (Å²) in [4.78, 5) is 12.2. The SMILES string of the molecule is O=C1Nc2ccc(Cl)cc2/C1=C\c1ccc(-c2cc(C(F)(F)F)ccc2Cl)o1. The first kappa shape index (κ1) is 18.7. The Bertz CT molecular complexity index is 1130. The van der Waals surface area contributed by atoms with Gasteiger partial charge in [-0.3, -0.25) is 4.79 Å². The van der Waals surface area contributed by atoms with E-state index in [9.17, 15) is 18.0 Å². The maximum absolute atomic E-state index is 13.0. The van der Waals surface area contributed by atoms with Crippen LogP contribution in [0.2, 0.25) is 10.0 Å². The predicted molar refractivity (Wildman–Crippen MR) is 102 cm³/mol. The number of benzene rings is 2. The van der Waals surface area contributed by atoms with Gasteiger partial charge < -0.3 is 9.73 Å². The van der Waals surface area contributed by atoms with Crippen molar-refractivity contribution in [3.05, 3.63) is 75.5 Å². The van der Waals surface area contributed by atoms with Crippen LogP contribution in [0.5, 0.6) is 0 Å². The first-order valence-corrected chi connectivity index (χ1v) is 8.78. The van der Waals surface area contributed by atoms with Crippen molar-refractivity contribution in [1.82, 2.24) is 0 Å². The van der Waals surface area contributed by atoms with Gasteiger partial charge in [-0.2, -0.15) is 13.2 Å². The number of furan rings is 1. The van der Waals surface area contributed by atoms with Gasteiger partial charge >= 0.3 is 6.18 Å². The van der Waals surface area contributed by atoms with Gasteiger partial charge in [-0.05, 0) is 54.6 Å². The molecule has 1 aliphatic heterocycles. The molecule has 2 heterocycles. The minimum atomic E-state index is -4.50. The van der Waals surface area contributed by atoms with Gasteiger partial charge in [0.2, 0.25) is 0 Å². The Morgan fingerprint density at radius 3 is 2.50 bits per heavy atom. The van der Waals surface area contributed by atoms with E-state index in [1.165, 1.54) is 18.2 Å². The first-order chi connectivity index (χ1) is 13.2. The normalized spacial score (nSPS) is 15.0. The maximum Gasteiger partial charge on any atom is 0.416 e. The fraction of sp³-hybridized carbons (Fsp3) is 0.0500. The molecule has 0 radical (unpaired) electrons. The fourth-order valence-electron chi connectivity index (χ4n) is 2.91. The van der Waals surface area contributed by atoms with Crippen LogP contribution in [0.25, 0.3) is 23.0 Å². The number of halogens is 5. The topological polar surface area (TPSA) is 42.2 Å². The number of carbonyl (C=O) groups excluding carboxylic acids is 1. The van der Waals surface area contributed by atoms with Gasteiger partial charge in [-0.25, -0.2) is 0 Å². The van der Waals surface area contributed by atoms with Crippen LogP contribution in [-0.2, 0) is 11.0 Å². The van der Waals surface area contributed by atoms with E-state index in [-0.39, 0.29) is 22.3 Å². The van der Waals surface area contributed by atoms with Crippen LogP contribution in [0.1, 0.15) is 16.9 Å². The zero-order valence-corrected chi connectivity index (χ0v) is 15.4. The van der Waals surface area contributed by atoms with E-state index >= 15 is 0 Å². The van der Waals surface area contributed by atoms with Crippen LogP contribution in [0, 0.1) is 0 Å². The smallest absolute Gasteiger partial charge is 0.416 e. The number of amides is 1. The molecule has 0 unspecified atom stereocenters. The Morgan fingerprint density at radius 1 is 0.964 bits per heavy atom.